The van der Waals surface area contributed by atoms with E-state index in [2.05, 4.69) is 20.3 Å². The van der Waals surface area contributed by atoms with Gasteiger partial charge in [-0.1, -0.05) is 0 Å². The zero-order valence-electron chi connectivity index (χ0n) is 9.21. The molecule has 6 heteroatoms. The Morgan fingerprint density at radius 3 is 2.71 bits per heavy atom. The number of nitrogen functional groups attached to an aromatic ring is 1. The van der Waals surface area contributed by atoms with Crippen LogP contribution in [-0.4, -0.2) is 20.9 Å². The molecular weight excluding hydrogens is 218 g/mol. The lowest BCUT2D eigenvalue weighted by atomic mass is 10.2. The van der Waals surface area contributed by atoms with Crippen LogP contribution in [0.15, 0.2) is 31.0 Å². The monoisotopic (exact) mass is 229 g/mol. The van der Waals surface area contributed by atoms with Crippen molar-refractivity contribution in [3.63, 3.8) is 0 Å². The molecule has 0 aliphatic heterocycles. The van der Waals surface area contributed by atoms with E-state index in [0.717, 1.165) is 0 Å². The van der Waals surface area contributed by atoms with Gasteiger partial charge in [-0.05, 0) is 13.0 Å². The van der Waals surface area contributed by atoms with Crippen molar-refractivity contribution in [3.05, 3.63) is 42.2 Å². The average molecular weight is 229 g/mol. The smallest absolute Gasteiger partial charge is 0.257 e. The van der Waals surface area contributed by atoms with Gasteiger partial charge in [-0.2, -0.15) is 0 Å². The lowest BCUT2D eigenvalue weighted by Gasteiger charge is -2.06. The summed E-state index contributed by atoms with van der Waals surface area (Å²) in [4.78, 5) is 23.6. The first-order valence-electron chi connectivity index (χ1n) is 4.95. The van der Waals surface area contributed by atoms with Crippen LogP contribution in [-0.2, 0) is 0 Å². The van der Waals surface area contributed by atoms with E-state index in [-0.39, 0.29) is 5.91 Å². The van der Waals surface area contributed by atoms with E-state index in [1.54, 1.807) is 13.0 Å². The Kier molecular flexibility index (Phi) is 2.95. The van der Waals surface area contributed by atoms with Gasteiger partial charge in [0, 0.05) is 0 Å². The number of nitrogens with two attached hydrogens (primary N) is 1. The number of pyridine rings is 1. The van der Waals surface area contributed by atoms with Gasteiger partial charge in [-0.15, -0.1) is 0 Å². The number of aromatic nitrogens is 3. The minimum Gasteiger partial charge on any atom is -0.397 e. The predicted molar refractivity (Wildman–Crippen MR) is 63.4 cm³/mol. The first-order chi connectivity index (χ1) is 8.16. The summed E-state index contributed by atoms with van der Waals surface area (Å²) >= 11 is 0. The fraction of sp³-hybridized carbons (Fsp3) is 0.0909. The topological polar surface area (TPSA) is 93.8 Å². The summed E-state index contributed by atoms with van der Waals surface area (Å²) in [6.45, 7) is 1.75. The summed E-state index contributed by atoms with van der Waals surface area (Å²) in [7, 11) is 0. The highest BCUT2D eigenvalue weighted by atomic mass is 16.1. The molecule has 0 spiro atoms. The van der Waals surface area contributed by atoms with Crippen molar-refractivity contribution >= 4 is 17.3 Å². The second kappa shape index (κ2) is 4.56. The van der Waals surface area contributed by atoms with Gasteiger partial charge < -0.3 is 11.1 Å². The Bertz CT molecular complexity index is 541. The standard InChI is InChI=1S/C11H11N5O/c1-7-10(2-8(12)3-15-7)11(17)16-9-4-13-6-14-5-9/h2-6H,12H2,1H3,(H,16,17). The van der Waals surface area contributed by atoms with Crippen LogP contribution in [0.1, 0.15) is 16.1 Å². The molecule has 0 saturated heterocycles. The molecule has 0 aliphatic carbocycles. The Labute approximate surface area is 97.9 Å². The van der Waals surface area contributed by atoms with Crippen LogP contribution in [0.25, 0.3) is 0 Å². The summed E-state index contributed by atoms with van der Waals surface area (Å²) in [5.74, 6) is -0.280. The summed E-state index contributed by atoms with van der Waals surface area (Å²) in [5, 5.41) is 2.67. The van der Waals surface area contributed by atoms with Crippen molar-refractivity contribution in [2.24, 2.45) is 0 Å². The van der Waals surface area contributed by atoms with Crippen LogP contribution < -0.4 is 11.1 Å². The molecule has 6 nitrogen and oxygen atoms in total. The second-order valence-electron chi connectivity index (χ2n) is 3.48. The molecule has 0 aliphatic rings. The van der Waals surface area contributed by atoms with Crippen LogP contribution in [0.2, 0.25) is 0 Å². The molecule has 86 valence electrons. The minimum absolute atomic E-state index is 0.280. The normalized spacial score (nSPS) is 9.94. The molecule has 3 N–H and O–H groups in total. The molecule has 0 aromatic carbocycles. The number of aryl methyl sites for hydroxylation is 1. The molecule has 2 heterocycles. The summed E-state index contributed by atoms with van der Waals surface area (Å²) < 4.78 is 0. The van der Waals surface area contributed by atoms with Crippen LogP contribution in [0.4, 0.5) is 11.4 Å². The highest BCUT2D eigenvalue weighted by Gasteiger charge is 2.10. The molecular formula is C11H11N5O. The van der Waals surface area contributed by atoms with Crippen molar-refractivity contribution < 1.29 is 4.79 Å². The second-order valence-corrected chi connectivity index (χ2v) is 3.48. The first-order valence-corrected chi connectivity index (χ1v) is 4.95. The Hall–Kier alpha value is -2.50. The number of anilines is 2. The van der Waals surface area contributed by atoms with Crippen LogP contribution >= 0.6 is 0 Å². The maximum absolute atomic E-state index is 11.9. The Morgan fingerprint density at radius 2 is 2.00 bits per heavy atom. The zero-order chi connectivity index (χ0) is 12.3. The molecule has 1 amide bonds. The van der Waals surface area contributed by atoms with Crippen molar-refractivity contribution in [2.75, 3.05) is 11.1 Å². The van der Waals surface area contributed by atoms with Gasteiger partial charge in [0.05, 0.1) is 41.2 Å². The van der Waals surface area contributed by atoms with E-state index >= 15 is 0 Å². The number of hydrogen-bond donors (Lipinski definition) is 2. The third-order valence-electron chi connectivity index (χ3n) is 2.17. The van der Waals surface area contributed by atoms with Gasteiger partial charge in [0.15, 0.2) is 0 Å². The summed E-state index contributed by atoms with van der Waals surface area (Å²) in [6.07, 6.45) is 5.93. The number of rotatable bonds is 2. The number of nitrogens with one attached hydrogen (secondary N) is 1. The molecule has 0 fully saturated rings. The van der Waals surface area contributed by atoms with Crippen molar-refractivity contribution in [2.45, 2.75) is 6.92 Å². The van der Waals surface area contributed by atoms with Crippen molar-refractivity contribution in [1.29, 1.82) is 0 Å². The number of nitrogens with zero attached hydrogens (tertiary/aromatic N) is 3. The lowest BCUT2D eigenvalue weighted by Crippen LogP contribution is -2.14. The fourth-order valence-corrected chi connectivity index (χ4v) is 1.34. The molecule has 17 heavy (non-hydrogen) atoms. The highest BCUT2D eigenvalue weighted by molar-refractivity contribution is 6.05. The predicted octanol–water partition coefficient (Wildman–Crippen LogP) is 1.01. The summed E-state index contributed by atoms with van der Waals surface area (Å²) in [6, 6.07) is 1.58. The maximum atomic E-state index is 11.9. The zero-order valence-corrected chi connectivity index (χ0v) is 9.21. The molecule has 2 aromatic rings. The van der Waals surface area contributed by atoms with Crippen molar-refractivity contribution in [1.82, 2.24) is 15.0 Å². The Morgan fingerprint density at radius 1 is 1.29 bits per heavy atom. The number of hydrogen-bond acceptors (Lipinski definition) is 5. The molecule has 0 bridgehead atoms. The lowest BCUT2D eigenvalue weighted by molar-refractivity contribution is 0.102. The van der Waals surface area contributed by atoms with Gasteiger partial charge in [0.25, 0.3) is 5.91 Å². The van der Waals surface area contributed by atoms with E-state index in [1.807, 2.05) is 0 Å². The van der Waals surface area contributed by atoms with Gasteiger partial charge in [0.2, 0.25) is 0 Å². The molecule has 2 rings (SSSR count). The molecule has 0 radical (unpaired) electrons. The average Bonchev–Trinajstić information content (AvgIpc) is 2.33. The van der Waals surface area contributed by atoms with Gasteiger partial charge in [-0.3, -0.25) is 9.78 Å². The Balaban J connectivity index is 2.23. The van der Waals surface area contributed by atoms with Crippen LogP contribution in [0.5, 0.6) is 0 Å². The molecule has 2 aromatic heterocycles. The quantitative estimate of drug-likeness (QED) is 0.801. The SMILES string of the molecule is Cc1ncc(N)cc1C(=O)Nc1cncnc1. The van der Waals surface area contributed by atoms with E-state index in [1.165, 1.54) is 24.9 Å². The number of carbonyl (C=O) groups excluding carboxylic acids is 1. The van der Waals surface area contributed by atoms with Gasteiger partial charge in [-0.25, -0.2) is 9.97 Å². The number of amides is 1. The third kappa shape index (κ3) is 2.54. The molecule has 0 saturated carbocycles. The first kappa shape index (κ1) is 11.0. The van der Waals surface area contributed by atoms with E-state index in [4.69, 9.17) is 5.73 Å². The minimum atomic E-state index is -0.280. The van der Waals surface area contributed by atoms with Crippen LogP contribution in [0, 0.1) is 6.92 Å². The maximum Gasteiger partial charge on any atom is 0.257 e. The molecule has 0 atom stereocenters. The van der Waals surface area contributed by atoms with Crippen molar-refractivity contribution in [3.8, 4) is 0 Å². The van der Waals surface area contributed by atoms with Crippen LogP contribution in [0.3, 0.4) is 0 Å². The van der Waals surface area contributed by atoms with E-state index in [0.29, 0.717) is 22.6 Å². The fourth-order valence-electron chi connectivity index (χ4n) is 1.34. The third-order valence-corrected chi connectivity index (χ3v) is 2.17. The van der Waals surface area contributed by atoms with E-state index in [9.17, 15) is 4.79 Å². The number of carbonyl (C=O) groups is 1. The molecule has 0 unspecified atom stereocenters. The largest absolute Gasteiger partial charge is 0.397 e. The summed E-state index contributed by atoms with van der Waals surface area (Å²) in [5.41, 5.74) is 7.63. The van der Waals surface area contributed by atoms with Gasteiger partial charge >= 0.3 is 0 Å². The highest BCUT2D eigenvalue weighted by Crippen LogP contribution is 2.12. The van der Waals surface area contributed by atoms with E-state index < -0.39 is 0 Å². The van der Waals surface area contributed by atoms with Gasteiger partial charge in [0.1, 0.15) is 6.33 Å².